The number of para-hydroxylation sites is 1. The first kappa shape index (κ1) is 16.0. The monoisotopic (exact) mass is 325 g/mol. The van der Waals surface area contributed by atoms with Crippen LogP contribution in [0.15, 0.2) is 48.8 Å². The topological polar surface area (TPSA) is 73.7 Å². The molecule has 0 bridgehead atoms. The van der Waals surface area contributed by atoms with Crippen LogP contribution in [0.4, 0.5) is 10.5 Å². The summed E-state index contributed by atoms with van der Waals surface area (Å²) in [6.07, 6.45) is 4.10. The van der Waals surface area contributed by atoms with Gasteiger partial charge >= 0.3 is 12.0 Å². The van der Waals surface area contributed by atoms with Crippen molar-refractivity contribution in [2.45, 2.75) is 19.4 Å². The number of hydrogen-bond acceptors (Lipinski definition) is 3. The lowest BCUT2D eigenvalue weighted by molar-refractivity contribution is -0.137. The highest BCUT2D eigenvalue weighted by Crippen LogP contribution is 2.28. The average molecular weight is 325 g/mol. The highest BCUT2D eigenvalue weighted by molar-refractivity contribution is 5.94. The minimum absolute atomic E-state index is 0.0819. The van der Waals surface area contributed by atoms with Gasteiger partial charge in [-0.3, -0.25) is 14.7 Å². The molecule has 6 heteroatoms. The molecule has 1 N–H and O–H groups in total. The second-order valence-corrected chi connectivity index (χ2v) is 5.74. The van der Waals surface area contributed by atoms with E-state index >= 15 is 0 Å². The van der Waals surface area contributed by atoms with Crippen LogP contribution < -0.4 is 4.90 Å². The Balaban J connectivity index is 1.79. The Kier molecular flexibility index (Phi) is 4.74. The van der Waals surface area contributed by atoms with Crippen LogP contribution in [0.5, 0.6) is 0 Å². The summed E-state index contributed by atoms with van der Waals surface area (Å²) in [5.74, 6) is -0.916. The second kappa shape index (κ2) is 7.12. The van der Waals surface area contributed by atoms with Crippen molar-refractivity contribution in [1.82, 2.24) is 9.88 Å². The number of benzene rings is 1. The van der Waals surface area contributed by atoms with Crippen LogP contribution in [-0.4, -0.2) is 40.1 Å². The summed E-state index contributed by atoms with van der Waals surface area (Å²) in [6, 6.07) is 11.3. The van der Waals surface area contributed by atoms with E-state index in [1.807, 2.05) is 30.3 Å². The van der Waals surface area contributed by atoms with Crippen molar-refractivity contribution in [1.29, 1.82) is 0 Å². The van der Waals surface area contributed by atoms with Gasteiger partial charge in [-0.05, 0) is 29.7 Å². The van der Waals surface area contributed by atoms with Crippen molar-refractivity contribution in [2.75, 3.05) is 18.0 Å². The Labute approximate surface area is 140 Å². The van der Waals surface area contributed by atoms with E-state index in [1.165, 1.54) is 0 Å². The number of carboxylic acids is 1. The van der Waals surface area contributed by atoms with Gasteiger partial charge in [-0.1, -0.05) is 24.3 Å². The second-order valence-electron chi connectivity index (χ2n) is 5.74. The van der Waals surface area contributed by atoms with E-state index in [4.69, 9.17) is 5.11 Å². The van der Waals surface area contributed by atoms with Crippen molar-refractivity contribution < 1.29 is 14.7 Å². The fourth-order valence-electron chi connectivity index (χ4n) is 2.89. The number of nitrogens with zero attached hydrogens (tertiary/aromatic N) is 3. The van der Waals surface area contributed by atoms with Crippen LogP contribution in [-0.2, 0) is 17.8 Å². The first-order valence-electron chi connectivity index (χ1n) is 7.90. The van der Waals surface area contributed by atoms with Crippen molar-refractivity contribution in [3.05, 3.63) is 59.9 Å². The van der Waals surface area contributed by atoms with Crippen molar-refractivity contribution in [3.63, 3.8) is 0 Å². The maximum atomic E-state index is 13.0. The third-order valence-electron chi connectivity index (χ3n) is 4.08. The van der Waals surface area contributed by atoms with E-state index in [2.05, 4.69) is 4.98 Å². The van der Waals surface area contributed by atoms with Crippen LogP contribution in [0.25, 0.3) is 0 Å². The smallest absolute Gasteiger partial charge is 0.324 e. The minimum atomic E-state index is -0.916. The summed E-state index contributed by atoms with van der Waals surface area (Å²) in [5, 5.41) is 8.97. The molecule has 1 aliphatic rings. The molecule has 0 radical (unpaired) electrons. The van der Waals surface area contributed by atoms with Gasteiger partial charge < -0.3 is 10.0 Å². The van der Waals surface area contributed by atoms with Gasteiger partial charge in [0, 0.05) is 37.7 Å². The average Bonchev–Trinajstić information content (AvgIpc) is 3.03. The molecule has 24 heavy (non-hydrogen) atoms. The molecule has 2 amide bonds. The van der Waals surface area contributed by atoms with Crippen molar-refractivity contribution >= 4 is 17.7 Å². The van der Waals surface area contributed by atoms with E-state index in [9.17, 15) is 9.59 Å². The number of aromatic nitrogens is 1. The van der Waals surface area contributed by atoms with E-state index in [1.54, 1.807) is 28.3 Å². The minimum Gasteiger partial charge on any atom is -0.481 e. The summed E-state index contributed by atoms with van der Waals surface area (Å²) in [4.78, 5) is 31.3. The lowest BCUT2D eigenvalue weighted by Crippen LogP contribution is -2.43. The van der Waals surface area contributed by atoms with Crippen LogP contribution in [0.1, 0.15) is 17.5 Å². The van der Waals surface area contributed by atoms with Gasteiger partial charge in [-0.25, -0.2) is 4.79 Å². The molecule has 6 nitrogen and oxygen atoms in total. The first-order valence-corrected chi connectivity index (χ1v) is 7.90. The van der Waals surface area contributed by atoms with E-state index in [-0.39, 0.29) is 19.0 Å². The molecule has 0 spiro atoms. The van der Waals surface area contributed by atoms with E-state index in [0.29, 0.717) is 13.1 Å². The lowest BCUT2D eigenvalue weighted by atomic mass is 10.2. The Morgan fingerprint density at radius 2 is 2.04 bits per heavy atom. The van der Waals surface area contributed by atoms with Gasteiger partial charge in [0.2, 0.25) is 0 Å². The molecule has 2 aromatic rings. The molecule has 124 valence electrons. The molecule has 3 rings (SSSR count). The van der Waals surface area contributed by atoms with Crippen LogP contribution in [0.2, 0.25) is 0 Å². The number of carbonyl (C=O) groups is 2. The number of amides is 2. The van der Waals surface area contributed by atoms with Crippen molar-refractivity contribution in [2.24, 2.45) is 0 Å². The largest absolute Gasteiger partial charge is 0.481 e. The number of carbonyl (C=O) groups excluding carboxylic acids is 1. The predicted molar refractivity (Wildman–Crippen MR) is 89.8 cm³/mol. The molecule has 2 heterocycles. The molecule has 0 saturated heterocycles. The summed E-state index contributed by atoms with van der Waals surface area (Å²) in [7, 11) is 0. The number of rotatable bonds is 5. The number of fused-ring (bicyclic) bond motifs is 1. The molecule has 0 atom stereocenters. The van der Waals surface area contributed by atoms with Gasteiger partial charge in [0.1, 0.15) is 0 Å². The number of pyridine rings is 1. The quantitative estimate of drug-likeness (QED) is 0.917. The highest BCUT2D eigenvalue weighted by Gasteiger charge is 2.28. The van der Waals surface area contributed by atoms with Crippen molar-refractivity contribution in [3.8, 4) is 0 Å². The molecule has 1 aliphatic heterocycles. The molecule has 0 unspecified atom stereocenters. The van der Waals surface area contributed by atoms with Gasteiger partial charge in [-0.15, -0.1) is 0 Å². The van der Waals surface area contributed by atoms with Gasteiger partial charge in [0.05, 0.1) is 6.42 Å². The molecular weight excluding hydrogens is 306 g/mol. The summed E-state index contributed by atoms with van der Waals surface area (Å²) < 4.78 is 0. The fourth-order valence-corrected chi connectivity index (χ4v) is 2.89. The molecule has 0 aliphatic carbocycles. The number of urea groups is 1. The number of hydrogen-bond donors (Lipinski definition) is 1. The Morgan fingerprint density at radius 1 is 1.21 bits per heavy atom. The summed E-state index contributed by atoms with van der Waals surface area (Å²) in [6.45, 7) is 1.13. The van der Waals surface area contributed by atoms with Gasteiger partial charge in [0.25, 0.3) is 0 Å². The van der Waals surface area contributed by atoms with Crippen LogP contribution in [0, 0.1) is 0 Å². The summed E-state index contributed by atoms with van der Waals surface area (Å²) >= 11 is 0. The third kappa shape index (κ3) is 3.53. The molecule has 1 aromatic heterocycles. The van der Waals surface area contributed by atoms with Gasteiger partial charge in [0.15, 0.2) is 0 Å². The first-order chi connectivity index (χ1) is 11.6. The normalized spacial score (nSPS) is 12.8. The fraction of sp³-hybridized carbons (Fsp3) is 0.278. The van der Waals surface area contributed by atoms with Gasteiger partial charge in [-0.2, -0.15) is 0 Å². The van der Waals surface area contributed by atoms with Crippen LogP contribution >= 0.6 is 0 Å². The molecular formula is C18H19N3O3. The SMILES string of the molecule is O=C(O)CCN(Cc1cccnc1)C(=O)N1CCc2ccccc21. The highest BCUT2D eigenvalue weighted by atomic mass is 16.4. The predicted octanol–water partition coefficient (Wildman–Crippen LogP) is 2.54. The molecule has 0 saturated carbocycles. The maximum Gasteiger partial charge on any atom is 0.324 e. The molecule has 1 aromatic carbocycles. The number of aliphatic carboxylic acids is 1. The zero-order chi connectivity index (χ0) is 16.9. The maximum absolute atomic E-state index is 13.0. The van der Waals surface area contributed by atoms with Crippen LogP contribution in [0.3, 0.4) is 0 Å². The standard InChI is InChI=1S/C18H19N3O3/c22-17(23)8-10-20(13-14-4-3-9-19-12-14)18(24)21-11-7-15-5-1-2-6-16(15)21/h1-6,9,12H,7-8,10-11,13H2,(H,22,23). The number of carboxylic acid groups (broad SMARTS) is 1. The Morgan fingerprint density at radius 3 is 2.79 bits per heavy atom. The molecule has 0 fully saturated rings. The Hall–Kier alpha value is -2.89. The van der Waals surface area contributed by atoms with E-state index in [0.717, 1.165) is 23.2 Å². The zero-order valence-corrected chi connectivity index (χ0v) is 13.3. The lowest BCUT2D eigenvalue weighted by Gasteiger charge is -2.28. The Bertz CT molecular complexity index is 733. The number of anilines is 1. The third-order valence-corrected chi connectivity index (χ3v) is 4.08. The zero-order valence-electron chi connectivity index (χ0n) is 13.3. The summed E-state index contributed by atoms with van der Waals surface area (Å²) in [5.41, 5.74) is 2.93. The van der Waals surface area contributed by atoms with E-state index < -0.39 is 5.97 Å².